The van der Waals surface area contributed by atoms with E-state index in [0.29, 0.717) is 16.9 Å². The molecule has 1 aliphatic heterocycles. The standard InChI is InChI=1S/C19H30BClN2O5/c1-12(2)9-19(7,23-16(24)25)11-26-15-14(21)8-13(10-22-15)20-27-17(3,4)18(5,6)28-20/h8,10,12,23H,9,11H2,1-7H3,(H,24,25). The highest BCUT2D eigenvalue weighted by molar-refractivity contribution is 6.62. The number of halogens is 1. The Labute approximate surface area is 172 Å². The van der Waals surface area contributed by atoms with E-state index in [1.54, 1.807) is 19.2 Å². The monoisotopic (exact) mass is 412 g/mol. The molecule has 9 heteroatoms. The van der Waals surface area contributed by atoms with Crippen LogP contribution in [-0.2, 0) is 9.31 Å². The predicted molar refractivity (Wildman–Crippen MR) is 109 cm³/mol. The van der Waals surface area contributed by atoms with E-state index in [4.69, 9.17) is 30.8 Å². The third-order valence-electron chi connectivity index (χ3n) is 5.15. The Morgan fingerprint density at radius 3 is 2.39 bits per heavy atom. The van der Waals surface area contributed by atoms with Gasteiger partial charge in [-0.3, -0.25) is 0 Å². The molecule has 1 unspecified atom stereocenters. The number of hydrogen-bond acceptors (Lipinski definition) is 5. The number of hydrogen-bond donors (Lipinski definition) is 2. The fourth-order valence-corrected chi connectivity index (χ4v) is 3.42. The lowest BCUT2D eigenvalue weighted by Crippen LogP contribution is -2.50. The van der Waals surface area contributed by atoms with Gasteiger partial charge in [-0.1, -0.05) is 25.4 Å². The Morgan fingerprint density at radius 2 is 1.93 bits per heavy atom. The van der Waals surface area contributed by atoms with Crippen LogP contribution in [-0.4, -0.2) is 46.7 Å². The molecule has 1 atom stereocenters. The molecule has 0 bridgehead atoms. The first-order valence-electron chi connectivity index (χ1n) is 9.40. The zero-order chi connectivity index (χ0) is 21.3. The summed E-state index contributed by atoms with van der Waals surface area (Å²) < 4.78 is 17.8. The van der Waals surface area contributed by atoms with Gasteiger partial charge < -0.3 is 24.5 Å². The summed E-state index contributed by atoms with van der Waals surface area (Å²) in [5.41, 5.74) is -0.972. The number of amides is 1. The van der Waals surface area contributed by atoms with Crippen molar-refractivity contribution in [3.8, 4) is 5.88 Å². The van der Waals surface area contributed by atoms with Crippen LogP contribution in [0.3, 0.4) is 0 Å². The van der Waals surface area contributed by atoms with Crippen molar-refractivity contribution >= 4 is 30.3 Å². The lowest BCUT2D eigenvalue weighted by molar-refractivity contribution is 0.00578. The summed E-state index contributed by atoms with van der Waals surface area (Å²) in [6.07, 6.45) is 1.12. The van der Waals surface area contributed by atoms with Crippen LogP contribution in [0.25, 0.3) is 0 Å². The second-order valence-corrected chi connectivity index (χ2v) is 9.43. The summed E-state index contributed by atoms with van der Waals surface area (Å²) in [5.74, 6) is 0.527. The Kier molecular flexibility index (Phi) is 6.58. The molecular formula is C19H30BClN2O5. The Hall–Kier alpha value is -1.51. The molecular weight excluding hydrogens is 382 g/mol. The molecule has 0 aromatic carbocycles. The summed E-state index contributed by atoms with van der Waals surface area (Å²) >= 11 is 6.35. The van der Waals surface area contributed by atoms with Gasteiger partial charge in [-0.25, -0.2) is 9.78 Å². The van der Waals surface area contributed by atoms with Crippen molar-refractivity contribution in [3.63, 3.8) is 0 Å². The van der Waals surface area contributed by atoms with E-state index < -0.39 is 30.0 Å². The van der Waals surface area contributed by atoms with Crippen LogP contribution in [0.4, 0.5) is 4.79 Å². The lowest BCUT2D eigenvalue weighted by atomic mass is 9.80. The molecule has 28 heavy (non-hydrogen) atoms. The highest BCUT2D eigenvalue weighted by atomic mass is 35.5. The predicted octanol–water partition coefficient (Wildman–Crippen LogP) is 3.49. The van der Waals surface area contributed by atoms with Gasteiger partial charge >= 0.3 is 13.2 Å². The molecule has 1 aromatic rings. The maximum Gasteiger partial charge on any atom is 0.496 e. The first kappa shape index (κ1) is 22.8. The van der Waals surface area contributed by atoms with Crippen molar-refractivity contribution in [1.29, 1.82) is 0 Å². The molecule has 2 N–H and O–H groups in total. The maximum absolute atomic E-state index is 11.1. The molecule has 1 aliphatic rings. The quantitative estimate of drug-likeness (QED) is 0.666. The summed E-state index contributed by atoms with van der Waals surface area (Å²) in [4.78, 5) is 15.4. The van der Waals surface area contributed by atoms with Crippen LogP contribution in [0.5, 0.6) is 5.88 Å². The van der Waals surface area contributed by atoms with Crippen LogP contribution in [0.1, 0.15) is 54.9 Å². The van der Waals surface area contributed by atoms with Crippen molar-refractivity contribution in [1.82, 2.24) is 10.3 Å². The second-order valence-electron chi connectivity index (χ2n) is 9.02. The van der Waals surface area contributed by atoms with Gasteiger partial charge in [0.15, 0.2) is 0 Å². The number of carbonyl (C=O) groups is 1. The molecule has 1 aromatic heterocycles. The third kappa shape index (κ3) is 5.30. The van der Waals surface area contributed by atoms with Gasteiger partial charge in [0.2, 0.25) is 5.88 Å². The molecule has 2 rings (SSSR count). The number of nitrogens with one attached hydrogen (secondary N) is 1. The highest BCUT2D eigenvalue weighted by Crippen LogP contribution is 2.36. The Balaban J connectivity index is 2.11. The number of aromatic nitrogens is 1. The second kappa shape index (κ2) is 8.09. The number of nitrogens with zero attached hydrogens (tertiary/aromatic N) is 1. The number of pyridine rings is 1. The Morgan fingerprint density at radius 1 is 1.36 bits per heavy atom. The number of carboxylic acid groups (broad SMARTS) is 1. The van der Waals surface area contributed by atoms with E-state index >= 15 is 0 Å². The summed E-state index contributed by atoms with van der Waals surface area (Å²) in [6, 6.07) is 1.70. The molecule has 1 fully saturated rings. The van der Waals surface area contributed by atoms with Crippen molar-refractivity contribution in [2.24, 2.45) is 5.92 Å². The molecule has 2 heterocycles. The van der Waals surface area contributed by atoms with E-state index in [-0.39, 0.29) is 18.4 Å². The normalized spacial score (nSPS) is 20.1. The fourth-order valence-electron chi connectivity index (χ4n) is 3.19. The molecule has 0 aliphatic carbocycles. The van der Waals surface area contributed by atoms with E-state index in [2.05, 4.69) is 10.3 Å². The number of rotatable bonds is 7. The van der Waals surface area contributed by atoms with Gasteiger partial charge in [0.1, 0.15) is 11.6 Å². The SMILES string of the molecule is CC(C)CC(C)(COc1ncc(B2OC(C)(C)C(C)(C)O2)cc1Cl)NC(=O)O. The van der Waals surface area contributed by atoms with Crippen molar-refractivity contribution in [2.45, 2.75) is 71.6 Å². The van der Waals surface area contributed by atoms with Crippen molar-refractivity contribution in [2.75, 3.05) is 6.61 Å². The van der Waals surface area contributed by atoms with Crippen molar-refractivity contribution < 1.29 is 23.9 Å². The summed E-state index contributed by atoms with van der Waals surface area (Å²) in [6.45, 7) is 13.9. The average Bonchev–Trinajstić information content (AvgIpc) is 2.72. The molecule has 0 radical (unpaired) electrons. The minimum Gasteiger partial charge on any atom is -0.474 e. The minimum atomic E-state index is -1.10. The van der Waals surface area contributed by atoms with Crippen LogP contribution in [0.15, 0.2) is 12.3 Å². The fraction of sp³-hybridized carbons (Fsp3) is 0.684. The summed E-state index contributed by atoms with van der Waals surface area (Å²) in [7, 11) is -0.566. The smallest absolute Gasteiger partial charge is 0.474 e. The molecule has 0 spiro atoms. The first-order valence-corrected chi connectivity index (χ1v) is 9.77. The van der Waals surface area contributed by atoms with Crippen LogP contribution < -0.4 is 15.5 Å². The number of ether oxygens (including phenoxy) is 1. The molecule has 1 amide bonds. The van der Waals surface area contributed by atoms with Crippen molar-refractivity contribution in [3.05, 3.63) is 17.3 Å². The molecule has 7 nitrogen and oxygen atoms in total. The van der Waals surface area contributed by atoms with Gasteiger partial charge in [-0.2, -0.15) is 0 Å². The molecule has 156 valence electrons. The van der Waals surface area contributed by atoms with Crippen LogP contribution >= 0.6 is 11.6 Å². The average molecular weight is 413 g/mol. The van der Waals surface area contributed by atoms with Gasteiger partial charge in [0.25, 0.3) is 0 Å². The highest BCUT2D eigenvalue weighted by Gasteiger charge is 2.52. The van der Waals surface area contributed by atoms with Gasteiger partial charge in [0, 0.05) is 11.7 Å². The minimum absolute atomic E-state index is 0.111. The van der Waals surface area contributed by atoms with E-state index in [9.17, 15) is 4.79 Å². The van der Waals surface area contributed by atoms with E-state index in [1.165, 1.54) is 0 Å². The molecule has 0 saturated carbocycles. The largest absolute Gasteiger partial charge is 0.496 e. The maximum atomic E-state index is 11.1. The lowest BCUT2D eigenvalue weighted by Gasteiger charge is -2.32. The zero-order valence-corrected chi connectivity index (χ0v) is 18.4. The summed E-state index contributed by atoms with van der Waals surface area (Å²) in [5, 5.41) is 12.0. The Bertz CT molecular complexity index is 712. The van der Waals surface area contributed by atoms with Gasteiger partial charge in [0.05, 0.1) is 16.7 Å². The first-order chi connectivity index (χ1) is 12.7. The topological polar surface area (TPSA) is 89.9 Å². The molecule has 1 saturated heterocycles. The van der Waals surface area contributed by atoms with Gasteiger partial charge in [-0.15, -0.1) is 0 Å². The van der Waals surface area contributed by atoms with E-state index in [0.717, 1.165) is 0 Å². The van der Waals surface area contributed by atoms with Crippen LogP contribution in [0, 0.1) is 5.92 Å². The third-order valence-corrected chi connectivity index (χ3v) is 5.42. The van der Waals surface area contributed by atoms with E-state index in [1.807, 2.05) is 41.5 Å². The van der Waals surface area contributed by atoms with Crippen LogP contribution in [0.2, 0.25) is 5.02 Å². The van der Waals surface area contributed by atoms with Gasteiger partial charge in [-0.05, 0) is 53.0 Å². The zero-order valence-electron chi connectivity index (χ0n) is 17.6.